The van der Waals surface area contributed by atoms with E-state index in [1.54, 1.807) is 58.9 Å². The number of hydrogen-bond acceptors (Lipinski definition) is 7. The minimum atomic E-state index is -1.04. The zero-order valence-electron chi connectivity index (χ0n) is 16.9. The highest BCUT2D eigenvalue weighted by Crippen LogP contribution is 2.20. The van der Waals surface area contributed by atoms with Crippen LogP contribution in [0.1, 0.15) is 34.6 Å². The molecule has 0 saturated carbocycles. The summed E-state index contributed by atoms with van der Waals surface area (Å²) >= 11 is 11.2. The van der Waals surface area contributed by atoms with E-state index in [9.17, 15) is 9.59 Å². The second-order valence-electron chi connectivity index (χ2n) is 6.79. The lowest BCUT2D eigenvalue weighted by Crippen LogP contribution is -2.39. The van der Waals surface area contributed by atoms with Crippen LogP contribution in [0.3, 0.4) is 0 Å². The average molecular weight is 443 g/mol. The Morgan fingerprint density at radius 1 is 0.966 bits per heavy atom. The van der Waals surface area contributed by atoms with Gasteiger partial charge in [0.05, 0.1) is 19.0 Å². The molecular weight excluding hydrogens is 419 g/mol. The van der Waals surface area contributed by atoms with Crippen LogP contribution in [0.5, 0.6) is 11.5 Å². The molecule has 0 spiro atoms. The standard InChI is InChI=1S/C11H14ClNO3.C9H10ClNO2/c1-4-15-10(14)11(2,3)16-8-5-6-9(12)13-7-8;1-9(2,6-12)13-7-3-4-8(10)11-5-7/h5-7H,4H2,1-3H3;3-6H,1-2H3. The van der Waals surface area contributed by atoms with Crippen LogP contribution in [0.25, 0.3) is 0 Å². The molecule has 0 amide bonds. The van der Waals surface area contributed by atoms with Gasteiger partial charge in [-0.25, -0.2) is 14.8 Å². The fraction of sp³-hybridized carbons (Fsp3) is 0.400. The molecule has 158 valence electrons. The van der Waals surface area contributed by atoms with Gasteiger partial charge in [-0.05, 0) is 58.9 Å². The molecule has 7 nitrogen and oxygen atoms in total. The zero-order chi connectivity index (χ0) is 22.1. The Morgan fingerprint density at radius 3 is 1.83 bits per heavy atom. The number of hydrogen-bond donors (Lipinski definition) is 0. The monoisotopic (exact) mass is 442 g/mol. The molecule has 2 aromatic rings. The van der Waals surface area contributed by atoms with Crippen LogP contribution in [0.2, 0.25) is 10.3 Å². The Balaban J connectivity index is 0.000000296. The van der Waals surface area contributed by atoms with Gasteiger partial charge in [-0.3, -0.25) is 4.79 Å². The largest absolute Gasteiger partial charge is 0.479 e. The van der Waals surface area contributed by atoms with Crippen molar-refractivity contribution in [2.75, 3.05) is 6.61 Å². The number of aldehydes is 1. The number of carbonyl (C=O) groups excluding carboxylic acids is 2. The molecule has 0 bridgehead atoms. The van der Waals surface area contributed by atoms with Crippen molar-refractivity contribution >= 4 is 35.5 Å². The van der Waals surface area contributed by atoms with Crippen LogP contribution in [-0.4, -0.2) is 40.0 Å². The van der Waals surface area contributed by atoms with Gasteiger partial charge in [0, 0.05) is 0 Å². The predicted molar refractivity (Wildman–Crippen MR) is 111 cm³/mol. The third kappa shape index (κ3) is 9.11. The van der Waals surface area contributed by atoms with Crippen molar-refractivity contribution in [2.24, 2.45) is 0 Å². The summed E-state index contributed by atoms with van der Waals surface area (Å²) in [6.07, 6.45) is 3.68. The number of ether oxygens (including phenoxy) is 3. The van der Waals surface area contributed by atoms with Crippen LogP contribution in [-0.2, 0) is 14.3 Å². The van der Waals surface area contributed by atoms with E-state index in [1.807, 2.05) is 0 Å². The summed E-state index contributed by atoms with van der Waals surface area (Å²) in [6, 6.07) is 6.52. The van der Waals surface area contributed by atoms with E-state index in [0.29, 0.717) is 28.4 Å². The maximum absolute atomic E-state index is 11.5. The summed E-state index contributed by atoms with van der Waals surface area (Å²) in [4.78, 5) is 29.7. The highest BCUT2D eigenvalue weighted by molar-refractivity contribution is 6.29. The van der Waals surface area contributed by atoms with Gasteiger partial charge in [0.1, 0.15) is 21.8 Å². The Hall–Kier alpha value is -2.38. The van der Waals surface area contributed by atoms with Crippen molar-refractivity contribution in [1.29, 1.82) is 0 Å². The molecule has 0 aliphatic heterocycles. The predicted octanol–water partition coefficient (Wildman–Crippen LogP) is 4.55. The van der Waals surface area contributed by atoms with Crippen LogP contribution in [0, 0.1) is 0 Å². The molecule has 2 rings (SSSR count). The molecule has 2 heterocycles. The summed E-state index contributed by atoms with van der Waals surface area (Å²) in [6.45, 7) is 8.70. The number of halogens is 2. The normalized spacial score (nSPS) is 11.0. The fourth-order valence-electron chi connectivity index (χ4n) is 1.81. The maximum Gasteiger partial charge on any atom is 0.349 e. The first-order chi connectivity index (χ1) is 13.5. The van der Waals surface area contributed by atoms with Gasteiger partial charge in [0.25, 0.3) is 0 Å². The Kier molecular flexibility index (Phi) is 9.33. The molecule has 2 aromatic heterocycles. The number of rotatable bonds is 7. The van der Waals surface area contributed by atoms with E-state index in [2.05, 4.69) is 9.97 Å². The smallest absolute Gasteiger partial charge is 0.349 e. The van der Waals surface area contributed by atoms with E-state index < -0.39 is 17.2 Å². The maximum atomic E-state index is 11.5. The van der Waals surface area contributed by atoms with Crippen LogP contribution in [0.4, 0.5) is 0 Å². The molecule has 0 N–H and O–H groups in total. The quantitative estimate of drug-likeness (QED) is 0.353. The number of carbonyl (C=O) groups is 2. The molecule has 0 unspecified atom stereocenters. The summed E-state index contributed by atoms with van der Waals surface area (Å²) in [7, 11) is 0. The van der Waals surface area contributed by atoms with Crippen LogP contribution >= 0.6 is 23.2 Å². The Morgan fingerprint density at radius 2 is 1.45 bits per heavy atom. The molecule has 0 aromatic carbocycles. The van der Waals surface area contributed by atoms with Gasteiger partial charge in [-0.1, -0.05) is 23.2 Å². The SMILES string of the molecule is CC(C)(C=O)Oc1ccc(Cl)nc1.CCOC(=O)C(C)(C)Oc1ccc(Cl)nc1. The molecule has 0 aliphatic rings. The van der Waals surface area contributed by atoms with Crippen LogP contribution < -0.4 is 9.47 Å². The number of pyridine rings is 2. The first-order valence-corrected chi connectivity index (χ1v) is 9.49. The minimum absolute atomic E-state index is 0.324. The van der Waals surface area contributed by atoms with E-state index in [-0.39, 0.29) is 0 Å². The topological polar surface area (TPSA) is 87.6 Å². The molecule has 0 radical (unpaired) electrons. The summed E-state index contributed by atoms with van der Waals surface area (Å²) < 4.78 is 15.7. The molecule has 0 atom stereocenters. The molecular formula is C20H24Cl2N2O5. The van der Waals surface area contributed by atoms with E-state index >= 15 is 0 Å². The summed E-state index contributed by atoms with van der Waals surface area (Å²) in [5, 5.41) is 0.776. The van der Waals surface area contributed by atoms with Gasteiger partial charge in [0.2, 0.25) is 0 Å². The molecule has 9 heteroatoms. The first kappa shape index (κ1) is 24.7. The van der Waals surface area contributed by atoms with Gasteiger partial charge in [-0.2, -0.15) is 0 Å². The number of nitrogens with zero attached hydrogens (tertiary/aromatic N) is 2. The lowest BCUT2D eigenvalue weighted by molar-refractivity contribution is -0.158. The Bertz CT molecular complexity index is 794. The summed E-state index contributed by atoms with van der Waals surface area (Å²) in [5.41, 5.74) is -1.86. The highest BCUT2D eigenvalue weighted by Gasteiger charge is 2.31. The molecule has 0 fully saturated rings. The number of esters is 1. The highest BCUT2D eigenvalue weighted by atomic mass is 35.5. The van der Waals surface area contributed by atoms with Gasteiger partial charge in [-0.15, -0.1) is 0 Å². The van der Waals surface area contributed by atoms with E-state index in [4.69, 9.17) is 37.4 Å². The zero-order valence-corrected chi connectivity index (χ0v) is 18.5. The third-order valence-electron chi connectivity index (χ3n) is 3.21. The van der Waals surface area contributed by atoms with Gasteiger partial charge in [0.15, 0.2) is 17.5 Å². The van der Waals surface area contributed by atoms with E-state index in [1.165, 1.54) is 12.4 Å². The second kappa shape index (κ2) is 11.0. The first-order valence-electron chi connectivity index (χ1n) is 8.74. The van der Waals surface area contributed by atoms with Crippen molar-refractivity contribution in [2.45, 2.75) is 45.8 Å². The van der Waals surface area contributed by atoms with Crippen molar-refractivity contribution in [3.63, 3.8) is 0 Å². The lowest BCUT2D eigenvalue weighted by atomic mass is 10.1. The molecule has 0 aliphatic carbocycles. The lowest BCUT2D eigenvalue weighted by Gasteiger charge is -2.23. The fourth-order valence-corrected chi connectivity index (χ4v) is 2.04. The third-order valence-corrected chi connectivity index (χ3v) is 3.65. The van der Waals surface area contributed by atoms with Gasteiger partial charge < -0.3 is 14.2 Å². The van der Waals surface area contributed by atoms with Gasteiger partial charge >= 0.3 is 5.97 Å². The average Bonchev–Trinajstić information content (AvgIpc) is 2.66. The minimum Gasteiger partial charge on any atom is -0.479 e. The molecule has 0 saturated heterocycles. The van der Waals surface area contributed by atoms with Crippen LogP contribution in [0.15, 0.2) is 36.7 Å². The Labute approximate surface area is 180 Å². The van der Waals surface area contributed by atoms with Crippen molar-refractivity contribution in [3.8, 4) is 11.5 Å². The van der Waals surface area contributed by atoms with Crippen molar-refractivity contribution in [3.05, 3.63) is 47.0 Å². The van der Waals surface area contributed by atoms with Crippen molar-refractivity contribution in [1.82, 2.24) is 9.97 Å². The van der Waals surface area contributed by atoms with E-state index in [0.717, 1.165) is 6.29 Å². The second-order valence-corrected chi connectivity index (χ2v) is 7.56. The number of aromatic nitrogens is 2. The summed E-state index contributed by atoms with van der Waals surface area (Å²) in [5.74, 6) is 0.592. The molecule has 29 heavy (non-hydrogen) atoms. The van der Waals surface area contributed by atoms with Crippen molar-refractivity contribution < 1.29 is 23.8 Å².